The van der Waals surface area contributed by atoms with Crippen LogP contribution in [0.15, 0.2) is 46.6 Å². The Morgan fingerprint density at radius 1 is 0.415 bits per heavy atom. The van der Waals surface area contributed by atoms with Crippen LogP contribution in [0.4, 0.5) is 0 Å². The number of carboxylic acid groups (broad SMARTS) is 8. The summed E-state index contributed by atoms with van der Waals surface area (Å²) < 4.78 is 0. The third kappa shape index (κ3) is 31.7. The van der Waals surface area contributed by atoms with E-state index in [2.05, 4.69) is 0 Å². The molecule has 0 spiro atoms. The number of hydrogen-bond acceptors (Lipinski definition) is 12. The summed E-state index contributed by atoms with van der Waals surface area (Å²) in [7, 11) is 0. The van der Waals surface area contributed by atoms with E-state index < -0.39 is 47.8 Å². The van der Waals surface area contributed by atoms with Crippen molar-refractivity contribution in [3.63, 3.8) is 0 Å². The SMILES string of the molecule is CCC(=CC(=O)O)C(=O)[O-].CCC(=CC(=O)O)C(=O)[O-].CCC(=CC(=O)O)C(=O)[O-].CCC(=CC(=O)O)C(=O)[O-].[Hf+4]. The average Bonchev–Trinajstić information content (AvgIpc) is 2.82. The molecule has 17 heteroatoms. The van der Waals surface area contributed by atoms with Gasteiger partial charge in [-0.3, -0.25) is 0 Å². The van der Waals surface area contributed by atoms with Crippen LogP contribution < -0.4 is 20.4 Å². The molecule has 0 radical (unpaired) electrons. The zero-order chi connectivity index (χ0) is 32.6. The van der Waals surface area contributed by atoms with Crippen molar-refractivity contribution in [2.75, 3.05) is 0 Å². The van der Waals surface area contributed by atoms with Crippen LogP contribution in [0.25, 0.3) is 0 Å². The van der Waals surface area contributed by atoms with Gasteiger partial charge in [0.15, 0.2) is 0 Å². The maximum atomic E-state index is 10.0. The van der Waals surface area contributed by atoms with Gasteiger partial charge in [0.25, 0.3) is 0 Å². The topological polar surface area (TPSA) is 310 Å². The fourth-order valence-electron chi connectivity index (χ4n) is 1.82. The van der Waals surface area contributed by atoms with E-state index in [1.54, 1.807) is 27.7 Å². The molecule has 0 bridgehead atoms. The molecule has 41 heavy (non-hydrogen) atoms. The normalized spacial score (nSPS) is 10.8. The van der Waals surface area contributed by atoms with E-state index in [1.807, 2.05) is 0 Å². The fraction of sp³-hybridized carbons (Fsp3) is 0.333. The predicted octanol–water partition coefficient (Wildman–Crippen LogP) is -3.37. The molecular weight excluding hydrogens is 723 g/mol. The van der Waals surface area contributed by atoms with Crippen molar-refractivity contribution < 1.29 is 105 Å². The van der Waals surface area contributed by atoms with Crippen LogP contribution in [-0.2, 0) is 64.2 Å². The molecule has 0 aliphatic heterocycles. The molecule has 0 saturated carbocycles. The van der Waals surface area contributed by atoms with Crippen molar-refractivity contribution in [3.8, 4) is 0 Å². The van der Waals surface area contributed by atoms with Crippen LogP contribution in [0.5, 0.6) is 0 Å². The molecule has 0 aromatic carbocycles. The first-order valence-electron chi connectivity index (χ1n) is 10.9. The predicted molar refractivity (Wildman–Crippen MR) is 124 cm³/mol. The maximum absolute atomic E-state index is 10.0. The zero-order valence-corrected chi connectivity index (χ0v) is 25.9. The second kappa shape index (κ2) is 27.2. The number of carboxylic acids is 8. The zero-order valence-electron chi connectivity index (χ0n) is 22.3. The quantitative estimate of drug-likeness (QED) is 0.112. The number of carbonyl (C=O) groups excluding carboxylic acids is 4. The van der Waals surface area contributed by atoms with Gasteiger partial charge in [-0.05, 0) is 48.0 Å². The van der Waals surface area contributed by atoms with Gasteiger partial charge >= 0.3 is 49.7 Å². The van der Waals surface area contributed by atoms with Crippen LogP contribution in [0.1, 0.15) is 53.4 Å². The van der Waals surface area contributed by atoms with Crippen LogP contribution in [0.2, 0.25) is 0 Å². The van der Waals surface area contributed by atoms with E-state index in [4.69, 9.17) is 20.4 Å². The largest absolute Gasteiger partial charge is 4.00 e. The smallest absolute Gasteiger partial charge is 0.545 e. The Labute approximate surface area is 252 Å². The Morgan fingerprint density at radius 3 is 0.561 bits per heavy atom. The Bertz CT molecular complexity index is 896. The van der Waals surface area contributed by atoms with Crippen molar-refractivity contribution in [3.05, 3.63) is 46.6 Å². The van der Waals surface area contributed by atoms with Gasteiger partial charge in [0.05, 0.1) is 23.9 Å². The van der Waals surface area contributed by atoms with Crippen LogP contribution in [0, 0.1) is 0 Å². The van der Waals surface area contributed by atoms with Crippen molar-refractivity contribution in [2.45, 2.75) is 53.4 Å². The van der Waals surface area contributed by atoms with Crippen LogP contribution >= 0.6 is 0 Å². The fourth-order valence-corrected chi connectivity index (χ4v) is 1.82. The van der Waals surface area contributed by atoms with Crippen molar-refractivity contribution in [1.82, 2.24) is 0 Å². The summed E-state index contributed by atoms with van der Waals surface area (Å²) in [6, 6.07) is 0. The van der Waals surface area contributed by atoms with E-state index >= 15 is 0 Å². The van der Waals surface area contributed by atoms with Gasteiger partial charge in [-0.1, -0.05) is 27.7 Å². The first kappa shape index (κ1) is 46.4. The molecule has 16 nitrogen and oxygen atoms in total. The van der Waals surface area contributed by atoms with E-state index in [0.29, 0.717) is 24.3 Å². The molecule has 0 aliphatic carbocycles. The number of hydrogen-bond donors (Lipinski definition) is 4. The summed E-state index contributed by atoms with van der Waals surface area (Å²) in [6.45, 7) is 6.18. The van der Waals surface area contributed by atoms with Crippen LogP contribution in [-0.4, -0.2) is 68.2 Å². The molecule has 0 heterocycles. The summed E-state index contributed by atoms with van der Waals surface area (Å²) in [5.74, 6) is -10.8. The van der Waals surface area contributed by atoms with E-state index in [1.165, 1.54) is 0 Å². The molecular formula is C24H28HfO16. The molecule has 0 unspecified atom stereocenters. The minimum absolute atomic E-state index is 0. The Balaban J connectivity index is -0.000000139. The van der Waals surface area contributed by atoms with Crippen molar-refractivity contribution in [1.29, 1.82) is 0 Å². The molecule has 0 aliphatic rings. The van der Waals surface area contributed by atoms with Gasteiger partial charge in [0.1, 0.15) is 0 Å². The molecule has 0 fully saturated rings. The van der Waals surface area contributed by atoms with Gasteiger partial charge in [-0.25, -0.2) is 19.2 Å². The molecule has 0 amide bonds. The van der Waals surface area contributed by atoms with Gasteiger partial charge in [0.2, 0.25) is 0 Å². The summed E-state index contributed by atoms with van der Waals surface area (Å²) in [5.41, 5.74) is -0.806. The average molecular weight is 751 g/mol. The Hall–Kier alpha value is -4.41. The van der Waals surface area contributed by atoms with Crippen molar-refractivity contribution in [2.24, 2.45) is 0 Å². The number of rotatable bonds is 12. The van der Waals surface area contributed by atoms with Crippen LogP contribution in [0.3, 0.4) is 0 Å². The minimum Gasteiger partial charge on any atom is -0.545 e. The molecule has 0 aromatic rings. The van der Waals surface area contributed by atoms with E-state index in [0.717, 1.165) is 0 Å². The summed E-state index contributed by atoms with van der Waals surface area (Å²) in [4.78, 5) is 79.7. The molecule has 0 rings (SSSR count). The minimum atomic E-state index is -1.43. The van der Waals surface area contributed by atoms with Gasteiger partial charge in [-0.15, -0.1) is 0 Å². The third-order valence-corrected chi connectivity index (χ3v) is 3.76. The van der Waals surface area contributed by atoms with Gasteiger partial charge < -0.3 is 60.0 Å². The molecule has 0 saturated heterocycles. The number of aliphatic carboxylic acids is 8. The maximum Gasteiger partial charge on any atom is 4.00 e. The summed E-state index contributed by atoms with van der Waals surface area (Å²) in [6.07, 6.45) is 3.18. The molecule has 0 aromatic heterocycles. The molecule has 224 valence electrons. The van der Waals surface area contributed by atoms with E-state index in [9.17, 15) is 58.8 Å². The van der Waals surface area contributed by atoms with Gasteiger partial charge in [0, 0.05) is 24.3 Å². The first-order chi connectivity index (χ1) is 18.3. The summed E-state index contributed by atoms with van der Waals surface area (Å²) >= 11 is 0. The second-order valence-electron chi connectivity index (χ2n) is 6.60. The molecule has 0 atom stereocenters. The van der Waals surface area contributed by atoms with Crippen molar-refractivity contribution >= 4 is 47.8 Å². The standard InChI is InChI=1S/4C6H8O4.Hf/c4*1-2-4(6(9)10)3-5(7)8;/h4*3H,2H2,1H3,(H,7,8)(H,9,10);/q;;;;+4/p-4. The first-order valence-corrected chi connectivity index (χ1v) is 10.9. The van der Waals surface area contributed by atoms with Gasteiger partial charge in [-0.2, -0.15) is 0 Å². The number of carbonyl (C=O) groups is 8. The molecule has 4 N–H and O–H groups in total. The summed E-state index contributed by atoms with van der Waals surface area (Å²) in [5, 5.41) is 72.5. The van der Waals surface area contributed by atoms with E-state index in [-0.39, 0.29) is 73.8 Å². The Kier molecular flexibility index (Phi) is 30.8. The Morgan fingerprint density at radius 2 is 0.537 bits per heavy atom. The second-order valence-corrected chi connectivity index (χ2v) is 6.60. The third-order valence-electron chi connectivity index (χ3n) is 3.76. The monoisotopic (exact) mass is 752 g/mol.